The summed E-state index contributed by atoms with van der Waals surface area (Å²) in [5, 5.41) is 11.3. The van der Waals surface area contributed by atoms with Gasteiger partial charge in [0, 0.05) is 0 Å². The maximum atomic E-state index is 12.9. The van der Waals surface area contributed by atoms with E-state index >= 15 is 0 Å². The Hall–Kier alpha value is -0.143. The van der Waals surface area contributed by atoms with Gasteiger partial charge in [0.2, 0.25) is 0 Å². The molecule has 3 aliphatic rings. The summed E-state index contributed by atoms with van der Waals surface area (Å²) >= 11 is 3.52. The summed E-state index contributed by atoms with van der Waals surface area (Å²) in [5.41, 5.74) is -8.14. The van der Waals surface area contributed by atoms with E-state index in [9.17, 15) is 26.7 Å². The van der Waals surface area contributed by atoms with Crippen LogP contribution in [0.2, 0.25) is 18.1 Å². The van der Waals surface area contributed by atoms with Crippen molar-refractivity contribution in [2.75, 3.05) is 0 Å². The molecule has 0 saturated carbocycles. The number of alkyl halides is 4. The Kier molecular flexibility index (Phi) is 6.30. The van der Waals surface area contributed by atoms with Crippen LogP contribution < -0.4 is 0 Å². The van der Waals surface area contributed by atoms with Crippen molar-refractivity contribution in [1.82, 2.24) is 0 Å². The van der Waals surface area contributed by atoms with Crippen LogP contribution >= 0.6 is 15.9 Å². The Morgan fingerprint density at radius 3 is 2.37 bits per heavy atom. The molecule has 0 aromatic heterocycles. The Morgan fingerprint density at radius 2 is 1.87 bits per heavy atom. The van der Waals surface area contributed by atoms with Crippen molar-refractivity contribution in [2.24, 2.45) is 5.41 Å². The van der Waals surface area contributed by atoms with Crippen molar-refractivity contribution in [3.05, 3.63) is 11.8 Å². The lowest BCUT2D eigenvalue weighted by atomic mass is 9.59. The van der Waals surface area contributed by atoms with Crippen LogP contribution in [0.4, 0.5) is 13.2 Å². The van der Waals surface area contributed by atoms with Gasteiger partial charge in [-0.3, -0.25) is 0 Å². The highest BCUT2D eigenvalue weighted by molar-refractivity contribution is 9.09. The molecule has 3 rings (SSSR count). The summed E-state index contributed by atoms with van der Waals surface area (Å²) in [4.78, 5) is -0.439. The fraction of sp³-hybridized carbons (Fsp3) is 0.889. The molecular weight excluding hydrogens is 509 g/mol. The van der Waals surface area contributed by atoms with Gasteiger partial charge in [0.05, 0.1) is 16.3 Å². The molecule has 12 heteroatoms. The van der Waals surface area contributed by atoms with Crippen molar-refractivity contribution < 1.29 is 40.0 Å². The predicted molar refractivity (Wildman–Crippen MR) is 110 cm³/mol. The average Bonchev–Trinajstić information content (AvgIpc) is 3.13. The van der Waals surface area contributed by atoms with E-state index in [1.807, 2.05) is 0 Å². The van der Waals surface area contributed by atoms with Crippen LogP contribution in [0.3, 0.4) is 0 Å². The number of aliphatic hydroxyl groups excluding tert-OH is 1. The van der Waals surface area contributed by atoms with Gasteiger partial charge in [0.25, 0.3) is 0 Å². The molecule has 30 heavy (non-hydrogen) atoms. The zero-order valence-electron chi connectivity index (χ0n) is 17.3. The topological polar surface area (TPSA) is 82.1 Å². The molecule has 0 aromatic rings. The third-order valence-corrected chi connectivity index (χ3v) is 13.9. The Morgan fingerprint density at radius 1 is 1.30 bits per heavy atom. The molecule has 1 aliphatic carbocycles. The number of rotatable bonds is 7. The highest BCUT2D eigenvalue weighted by Gasteiger charge is 2.76. The van der Waals surface area contributed by atoms with E-state index in [-0.39, 0.29) is 18.6 Å². The van der Waals surface area contributed by atoms with E-state index in [1.165, 1.54) is 6.08 Å². The Labute approximate surface area is 184 Å². The standard InChI is InChI=1S/C18H28BrF3O6SSi/c1-5-30(6-2,7-3)28-14-11-10-16(4)13(27-29(24,25)18(20,21)22)9-8-12(19)17(16,26-11)15(14)23/h9,11-12,14-15,23H,5-8,10H2,1-4H3/t11-,12-,14+,15+,16-,17-/m1/s1. The van der Waals surface area contributed by atoms with Crippen LogP contribution in [-0.2, 0) is 23.5 Å². The van der Waals surface area contributed by atoms with E-state index in [2.05, 4.69) is 40.9 Å². The van der Waals surface area contributed by atoms with E-state index in [1.54, 1.807) is 6.92 Å². The molecule has 0 unspecified atom stereocenters. The quantitative estimate of drug-likeness (QED) is 0.227. The number of hydrogen-bond acceptors (Lipinski definition) is 6. The van der Waals surface area contributed by atoms with Gasteiger partial charge in [0.15, 0.2) is 8.32 Å². The average molecular weight is 537 g/mol. The molecule has 1 N–H and O–H groups in total. The summed E-state index contributed by atoms with van der Waals surface area (Å²) in [7, 11) is -7.92. The molecule has 0 amide bonds. The van der Waals surface area contributed by atoms with E-state index in [0.717, 1.165) is 18.1 Å². The number of aliphatic hydroxyl groups is 1. The molecule has 2 heterocycles. The third-order valence-electron chi connectivity index (χ3n) is 7.26. The summed E-state index contributed by atoms with van der Waals surface area (Å²) in [6.07, 6.45) is -0.639. The van der Waals surface area contributed by atoms with Crippen molar-refractivity contribution >= 4 is 34.4 Å². The fourth-order valence-corrected chi connectivity index (χ4v) is 9.75. The maximum Gasteiger partial charge on any atom is 0.534 e. The largest absolute Gasteiger partial charge is 0.534 e. The molecule has 0 radical (unpaired) electrons. The van der Waals surface area contributed by atoms with Gasteiger partial charge >= 0.3 is 15.6 Å². The third kappa shape index (κ3) is 3.31. The molecule has 174 valence electrons. The molecule has 2 fully saturated rings. The fourth-order valence-electron chi connectivity index (χ4n) is 5.24. The second-order valence-electron chi connectivity index (χ2n) is 8.51. The Balaban J connectivity index is 1.96. The molecule has 0 aromatic carbocycles. The lowest BCUT2D eigenvalue weighted by Gasteiger charge is -2.51. The molecule has 2 aliphatic heterocycles. The van der Waals surface area contributed by atoms with Crippen LogP contribution in [0.15, 0.2) is 11.8 Å². The van der Waals surface area contributed by atoms with Gasteiger partial charge in [0.1, 0.15) is 23.6 Å². The second-order valence-corrected chi connectivity index (χ2v) is 15.9. The van der Waals surface area contributed by atoms with Crippen molar-refractivity contribution in [3.63, 3.8) is 0 Å². The first-order chi connectivity index (χ1) is 13.7. The van der Waals surface area contributed by atoms with Gasteiger partial charge in [-0.2, -0.15) is 21.6 Å². The van der Waals surface area contributed by atoms with Crippen LogP contribution in [0.5, 0.6) is 0 Å². The van der Waals surface area contributed by atoms with Crippen molar-refractivity contribution in [2.45, 2.75) is 92.9 Å². The van der Waals surface area contributed by atoms with Gasteiger partial charge in [-0.15, -0.1) is 0 Å². The number of ether oxygens (including phenoxy) is 1. The zero-order chi connectivity index (χ0) is 22.8. The summed E-state index contributed by atoms with van der Waals surface area (Å²) in [6, 6.07) is 2.61. The predicted octanol–water partition coefficient (Wildman–Crippen LogP) is 4.20. The number of hydrogen-bond donors (Lipinski definition) is 1. The lowest BCUT2D eigenvalue weighted by molar-refractivity contribution is -0.114. The minimum Gasteiger partial charge on any atom is -0.409 e. The van der Waals surface area contributed by atoms with E-state index < -0.39 is 58.1 Å². The van der Waals surface area contributed by atoms with Crippen LogP contribution in [0.25, 0.3) is 0 Å². The molecule has 2 bridgehead atoms. The van der Waals surface area contributed by atoms with Crippen LogP contribution in [-0.4, -0.2) is 56.1 Å². The summed E-state index contributed by atoms with van der Waals surface area (Å²) in [6.45, 7) is 7.77. The summed E-state index contributed by atoms with van der Waals surface area (Å²) < 4.78 is 79.4. The van der Waals surface area contributed by atoms with Gasteiger partial charge in [-0.05, 0) is 44.0 Å². The van der Waals surface area contributed by atoms with E-state index in [4.69, 9.17) is 9.16 Å². The summed E-state index contributed by atoms with van der Waals surface area (Å²) in [5.74, 6) is -0.333. The zero-order valence-corrected chi connectivity index (χ0v) is 20.7. The first-order valence-electron chi connectivity index (χ1n) is 10.1. The Bertz CT molecular complexity index is 809. The van der Waals surface area contributed by atoms with Gasteiger partial charge in [-0.25, -0.2) is 0 Å². The van der Waals surface area contributed by atoms with Crippen molar-refractivity contribution in [3.8, 4) is 0 Å². The van der Waals surface area contributed by atoms with Crippen molar-refractivity contribution in [1.29, 1.82) is 0 Å². The molecule has 2 saturated heterocycles. The van der Waals surface area contributed by atoms with Gasteiger partial charge < -0.3 is 18.5 Å². The molecular formula is C18H28BrF3O6SSi. The monoisotopic (exact) mass is 536 g/mol. The molecule has 6 nitrogen and oxygen atoms in total. The number of allylic oxidation sites excluding steroid dienone is 1. The first kappa shape index (κ1) is 24.5. The minimum absolute atomic E-state index is 0.146. The number of fused-ring (bicyclic) bond motifs is 1. The SMILES string of the molecule is CC[Si](CC)(CC)O[C@H]1[C@H]2C[C@]3(C)C(OS(=O)(=O)C(F)(F)F)=CC[C@@H](Br)[C@@]3(O2)[C@H]1O. The normalized spacial score (nSPS) is 39.0. The van der Waals surface area contributed by atoms with E-state index in [0.29, 0.717) is 0 Å². The first-order valence-corrected chi connectivity index (χ1v) is 15.0. The number of halogens is 4. The molecule has 6 atom stereocenters. The smallest absolute Gasteiger partial charge is 0.409 e. The maximum absolute atomic E-state index is 12.9. The molecule has 1 spiro atoms. The lowest BCUT2D eigenvalue weighted by Crippen LogP contribution is -2.64. The highest BCUT2D eigenvalue weighted by Crippen LogP contribution is 2.65. The second kappa shape index (κ2) is 7.72. The van der Waals surface area contributed by atoms with Crippen LogP contribution in [0, 0.1) is 5.41 Å². The van der Waals surface area contributed by atoms with Crippen LogP contribution in [0.1, 0.15) is 40.5 Å². The highest BCUT2D eigenvalue weighted by atomic mass is 79.9. The minimum atomic E-state index is -5.83. The van der Waals surface area contributed by atoms with Gasteiger partial charge in [-0.1, -0.05) is 36.7 Å².